The summed E-state index contributed by atoms with van der Waals surface area (Å²) < 4.78 is 11.0. The minimum Gasteiger partial charge on any atom is -0.486 e. The van der Waals surface area contributed by atoms with Gasteiger partial charge in [0.05, 0.1) is 0 Å². The average Bonchev–Trinajstić information content (AvgIpc) is 2.56. The number of fused-ring (bicyclic) bond motifs is 1. The third kappa shape index (κ3) is 3.22. The zero-order valence-corrected chi connectivity index (χ0v) is 12.6. The van der Waals surface area contributed by atoms with E-state index in [1.165, 1.54) is 11.1 Å². The fraction of sp³-hybridized carbons (Fsp3) is 0.278. The molecule has 3 rings (SSSR count). The number of hydrogen-bond donors (Lipinski definition) is 1. The molecule has 0 radical (unpaired) electrons. The van der Waals surface area contributed by atoms with Gasteiger partial charge < -0.3 is 14.8 Å². The summed E-state index contributed by atoms with van der Waals surface area (Å²) in [6, 6.07) is 13.5. The second-order valence-corrected chi connectivity index (χ2v) is 5.29. The molecule has 1 heterocycles. The molecule has 0 saturated heterocycles. The van der Waals surface area contributed by atoms with Crippen LogP contribution >= 0.6 is 0 Å². The van der Waals surface area contributed by atoms with E-state index in [2.05, 4.69) is 24.4 Å². The molecular weight excluding hydrogens is 278 g/mol. The largest absolute Gasteiger partial charge is 0.486 e. The van der Waals surface area contributed by atoms with Crippen molar-refractivity contribution < 1.29 is 14.3 Å². The maximum absolute atomic E-state index is 12.2. The van der Waals surface area contributed by atoms with Crippen LogP contribution in [0.4, 0.5) is 0 Å². The van der Waals surface area contributed by atoms with Crippen LogP contribution in [0.5, 0.6) is 11.5 Å². The predicted molar refractivity (Wildman–Crippen MR) is 84.6 cm³/mol. The van der Waals surface area contributed by atoms with Gasteiger partial charge in [-0.25, -0.2) is 0 Å². The smallest absolute Gasteiger partial charge is 0.251 e. The number of aryl methyl sites for hydroxylation is 1. The van der Waals surface area contributed by atoms with E-state index in [9.17, 15) is 4.79 Å². The van der Waals surface area contributed by atoms with Crippen molar-refractivity contribution in [2.24, 2.45) is 0 Å². The molecule has 1 N–H and O–H groups in total. The molecule has 1 aliphatic rings. The Morgan fingerprint density at radius 2 is 1.86 bits per heavy atom. The zero-order valence-electron chi connectivity index (χ0n) is 12.6. The molecule has 4 heteroatoms. The van der Waals surface area contributed by atoms with Crippen LogP contribution < -0.4 is 14.8 Å². The lowest BCUT2D eigenvalue weighted by Gasteiger charge is -2.18. The van der Waals surface area contributed by atoms with Gasteiger partial charge in [0.1, 0.15) is 13.2 Å². The van der Waals surface area contributed by atoms with Gasteiger partial charge in [0.2, 0.25) is 0 Å². The van der Waals surface area contributed by atoms with E-state index in [0.717, 1.165) is 6.42 Å². The fourth-order valence-electron chi connectivity index (χ4n) is 2.49. The van der Waals surface area contributed by atoms with Crippen LogP contribution in [0.2, 0.25) is 0 Å². The van der Waals surface area contributed by atoms with Crippen LogP contribution in [-0.2, 0) is 6.42 Å². The van der Waals surface area contributed by atoms with E-state index in [0.29, 0.717) is 36.8 Å². The number of benzene rings is 2. The van der Waals surface area contributed by atoms with Crippen molar-refractivity contribution in [1.29, 1.82) is 0 Å². The van der Waals surface area contributed by atoms with Crippen LogP contribution in [0.1, 0.15) is 21.5 Å². The summed E-state index contributed by atoms with van der Waals surface area (Å²) in [7, 11) is 0. The molecule has 1 amide bonds. The minimum atomic E-state index is -0.0921. The normalized spacial score (nSPS) is 12.8. The highest BCUT2D eigenvalue weighted by Crippen LogP contribution is 2.30. The van der Waals surface area contributed by atoms with E-state index in [-0.39, 0.29) is 5.91 Å². The third-order valence-electron chi connectivity index (χ3n) is 3.75. The first-order chi connectivity index (χ1) is 10.7. The van der Waals surface area contributed by atoms with Crippen molar-refractivity contribution >= 4 is 5.91 Å². The standard InChI is InChI=1S/C18H19NO3/c1-13-4-2-3-5-14(13)8-9-19-18(20)15-6-7-16-17(12-15)22-11-10-21-16/h2-7,12H,8-11H2,1H3,(H,19,20). The molecular formula is C18H19NO3. The van der Waals surface area contributed by atoms with Crippen molar-refractivity contribution in [3.63, 3.8) is 0 Å². The first-order valence-corrected chi connectivity index (χ1v) is 7.46. The highest BCUT2D eigenvalue weighted by molar-refractivity contribution is 5.94. The molecule has 0 bridgehead atoms. The molecule has 0 saturated carbocycles. The Morgan fingerprint density at radius 1 is 1.09 bits per heavy atom. The first-order valence-electron chi connectivity index (χ1n) is 7.46. The number of rotatable bonds is 4. The lowest BCUT2D eigenvalue weighted by Crippen LogP contribution is -2.26. The zero-order chi connectivity index (χ0) is 15.4. The van der Waals surface area contributed by atoms with Crippen molar-refractivity contribution in [3.05, 3.63) is 59.2 Å². The van der Waals surface area contributed by atoms with Gasteiger partial charge in [-0.05, 0) is 42.7 Å². The summed E-state index contributed by atoms with van der Waals surface area (Å²) in [6.45, 7) is 3.76. The molecule has 2 aromatic rings. The molecule has 0 unspecified atom stereocenters. The van der Waals surface area contributed by atoms with Crippen LogP contribution in [0.15, 0.2) is 42.5 Å². The minimum absolute atomic E-state index is 0.0921. The highest BCUT2D eigenvalue weighted by Gasteiger charge is 2.14. The molecule has 1 aliphatic heterocycles. The van der Waals surface area contributed by atoms with Gasteiger partial charge in [-0.15, -0.1) is 0 Å². The monoisotopic (exact) mass is 297 g/mol. The van der Waals surface area contributed by atoms with E-state index >= 15 is 0 Å². The lowest BCUT2D eigenvalue weighted by atomic mass is 10.1. The van der Waals surface area contributed by atoms with Gasteiger partial charge in [0.25, 0.3) is 5.91 Å². The van der Waals surface area contributed by atoms with Crippen molar-refractivity contribution in [1.82, 2.24) is 5.32 Å². The Balaban J connectivity index is 1.59. The summed E-state index contributed by atoms with van der Waals surface area (Å²) in [6.07, 6.45) is 0.822. The van der Waals surface area contributed by atoms with E-state index < -0.39 is 0 Å². The summed E-state index contributed by atoms with van der Waals surface area (Å²) in [5.74, 6) is 1.24. The molecule has 114 valence electrons. The van der Waals surface area contributed by atoms with Gasteiger partial charge in [0, 0.05) is 12.1 Å². The fourth-order valence-corrected chi connectivity index (χ4v) is 2.49. The lowest BCUT2D eigenvalue weighted by molar-refractivity contribution is 0.0953. The summed E-state index contributed by atoms with van der Waals surface area (Å²) in [5.41, 5.74) is 3.09. The third-order valence-corrected chi connectivity index (χ3v) is 3.75. The molecule has 2 aromatic carbocycles. The summed E-state index contributed by atoms with van der Waals surface area (Å²) >= 11 is 0. The van der Waals surface area contributed by atoms with Gasteiger partial charge in [-0.3, -0.25) is 4.79 Å². The number of carbonyl (C=O) groups is 1. The second-order valence-electron chi connectivity index (χ2n) is 5.29. The number of nitrogens with one attached hydrogen (secondary N) is 1. The van der Waals surface area contributed by atoms with Crippen LogP contribution in [0.3, 0.4) is 0 Å². The van der Waals surface area contributed by atoms with Crippen LogP contribution in [-0.4, -0.2) is 25.7 Å². The molecule has 0 atom stereocenters. The number of carbonyl (C=O) groups excluding carboxylic acids is 1. The van der Waals surface area contributed by atoms with Crippen molar-refractivity contribution in [3.8, 4) is 11.5 Å². The molecule has 0 aliphatic carbocycles. The van der Waals surface area contributed by atoms with Crippen LogP contribution in [0.25, 0.3) is 0 Å². The summed E-state index contributed by atoms with van der Waals surface area (Å²) in [5, 5.41) is 2.95. The van der Waals surface area contributed by atoms with E-state index in [1.807, 2.05) is 12.1 Å². The Labute approximate surface area is 130 Å². The number of hydrogen-bond acceptors (Lipinski definition) is 3. The Bertz CT molecular complexity index is 682. The second kappa shape index (κ2) is 6.52. The quantitative estimate of drug-likeness (QED) is 0.944. The van der Waals surface area contributed by atoms with Crippen molar-refractivity contribution in [2.75, 3.05) is 19.8 Å². The first kappa shape index (κ1) is 14.4. The molecule has 0 fully saturated rings. The molecule has 4 nitrogen and oxygen atoms in total. The Morgan fingerprint density at radius 3 is 2.68 bits per heavy atom. The molecule has 0 spiro atoms. The maximum Gasteiger partial charge on any atom is 0.251 e. The Kier molecular flexibility index (Phi) is 4.28. The maximum atomic E-state index is 12.2. The van der Waals surface area contributed by atoms with Gasteiger partial charge >= 0.3 is 0 Å². The molecule has 22 heavy (non-hydrogen) atoms. The van der Waals surface area contributed by atoms with Crippen LogP contribution in [0, 0.1) is 6.92 Å². The van der Waals surface area contributed by atoms with Crippen molar-refractivity contribution in [2.45, 2.75) is 13.3 Å². The topological polar surface area (TPSA) is 47.6 Å². The highest BCUT2D eigenvalue weighted by atomic mass is 16.6. The van der Waals surface area contributed by atoms with Gasteiger partial charge in [0.15, 0.2) is 11.5 Å². The number of amides is 1. The van der Waals surface area contributed by atoms with E-state index in [1.54, 1.807) is 18.2 Å². The molecule has 0 aromatic heterocycles. The average molecular weight is 297 g/mol. The summed E-state index contributed by atoms with van der Waals surface area (Å²) in [4.78, 5) is 12.2. The predicted octanol–water partition coefficient (Wildman–Crippen LogP) is 2.74. The van der Waals surface area contributed by atoms with Gasteiger partial charge in [-0.1, -0.05) is 24.3 Å². The Hall–Kier alpha value is -2.49. The number of ether oxygens (including phenoxy) is 2. The van der Waals surface area contributed by atoms with E-state index in [4.69, 9.17) is 9.47 Å². The SMILES string of the molecule is Cc1ccccc1CCNC(=O)c1ccc2c(c1)OCCO2. The van der Waals surface area contributed by atoms with Gasteiger partial charge in [-0.2, -0.15) is 0 Å².